The molecule has 0 saturated carbocycles. The van der Waals surface area contributed by atoms with Crippen molar-refractivity contribution >= 4 is 5.91 Å². The molecule has 1 aromatic carbocycles. The standard InChI is InChI=1S/C16H23FN2O/c1-11(12-6-4-7-13(17)10-12)19-15(20)14-16(2,3)8-5-9-18-14/h4,6-7,10-11,14,18H,5,8-9H2,1-3H3,(H,19,20)/t11-,14?/m0/s1. The lowest BCUT2D eigenvalue weighted by Crippen LogP contribution is -2.55. The van der Waals surface area contributed by atoms with Crippen LogP contribution in [0.15, 0.2) is 24.3 Å². The molecule has 20 heavy (non-hydrogen) atoms. The predicted molar refractivity (Wildman–Crippen MR) is 77.8 cm³/mol. The summed E-state index contributed by atoms with van der Waals surface area (Å²) < 4.78 is 13.2. The summed E-state index contributed by atoms with van der Waals surface area (Å²) in [5.74, 6) is -0.286. The Bertz CT molecular complexity index is 487. The fourth-order valence-corrected chi connectivity index (χ4v) is 2.81. The molecule has 0 bridgehead atoms. The van der Waals surface area contributed by atoms with E-state index in [4.69, 9.17) is 0 Å². The van der Waals surface area contributed by atoms with Crippen molar-refractivity contribution in [3.8, 4) is 0 Å². The fraction of sp³-hybridized carbons (Fsp3) is 0.562. The number of rotatable bonds is 3. The predicted octanol–water partition coefficient (Wildman–Crippen LogP) is 2.78. The molecule has 1 aromatic rings. The number of benzene rings is 1. The van der Waals surface area contributed by atoms with E-state index in [-0.39, 0.29) is 29.2 Å². The van der Waals surface area contributed by atoms with Crippen molar-refractivity contribution in [3.63, 3.8) is 0 Å². The summed E-state index contributed by atoms with van der Waals surface area (Å²) in [4.78, 5) is 12.4. The maximum atomic E-state index is 13.2. The Balaban J connectivity index is 2.03. The molecule has 1 heterocycles. The first-order valence-electron chi connectivity index (χ1n) is 7.19. The molecule has 3 nitrogen and oxygen atoms in total. The van der Waals surface area contributed by atoms with Gasteiger partial charge in [-0.25, -0.2) is 4.39 Å². The highest BCUT2D eigenvalue weighted by Gasteiger charge is 2.37. The van der Waals surface area contributed by atoms with Gasteiger partial charge in [0.05, 0.1) is 12.1 Å². The molecule has 2 atom stereocenters. The lowest BCUT2D eigenvalue weighted by atomic mass is 9.77. The normalized spacial score (nSPS) is 23.1. The van der Waals surface area contributed by atoms with E-state index >= 15 is 0 Å². The van der Waals surface area contributed by atoms with Gasteiger partial charge in [0.25, 0.3) is 0 Å². The van der Waals surface area contributed by atoms with Crippen LogP contribution in [0, 0.1) is 11.2 Å². The highest BCUT2D eigenvalue weighted by atomic mass is 19.1. The van der Waals surface area contributed by atoms with Gasteiger partial charge in [0.1, 0.15) is 5.82 Å². The summed E-state index contributed by atoms with van der Waals surface area (Å²) >= 11 is 0. The van der Waals surface area contributed by atoms with Crippen LogP contribution in [0.3, 0.4) is 0 Å². The van der Waals surface area contributed by atoms with Crippen molar-refractivity contribution in [1.82, 2.24) is 10.6 Å². The molecule has 1 saturated heterocycles. The molecule has 2 N–H and O–H groups in total. The van der Waals surface area contributed by atoms with E-state index < -0.39 is 0 Å². The second-order valence-corrected chi connectivity index (χ2v) is 6.26. The average Bonchev–Trinajstić information content (AvgIpc) is 2.37. The summed E-state index contributed by atoms with van der Waals surface area (Å²) in [6, 6.07) is 5.97. The number of halogens is 1. The average molecular weight is 278 g/mol. The number of hydrogen-bond donors (Lipinski definition) is 2. The van der Waals surface area contributed by atoms with Crippen LogP contribution >= 0.6 is 0 Å². The topological polar surface area (TPSA) is 41.1 Å². The minimum absolute atomic E-state index is 0.00791. The van der Waals surface area contributed by atoms with E-state index in [2.05, 4.69) is 24.5 Å². The van der Waals surface area contributed by atoms with Gasteiger partial charge in [-0.1, -0.05) is 26.0 Å². The summed E-state index contributed by atoms with van der Waals surface area (Å²) in [6.45, 7) is 6.96. The number of carbonyl (C=O) groups is 1. The van der Waals surface area contributed by atoms with Gasteiger partial charge < -0.3 is 10.6 Å². The first-order valence-corrected chi connectivity index (χ1v) is 7.19. The second kappa shape index (κ2) is 5.92. The number of piperidine rings is 1. The molecule has 1 aliphatic rings. The smallest absolute Gasteiger partial charge is 0.238 e. The molecule has 1 aliphatic heterocycles. The van der Waals surface area contributed by atoms with Gasteiger partial charge in [0, 0.05) is 0 Å². The highest BCUT2D eigenvalue weighted by molar-refractivity contribution is 5.83. The summed E-state index contributed by atoms with van der Waals surface area (Å²) in [6.07, 6.45) is 2.13. The monoisotopic (exact) mass is 278 g/mol. The molecule has 1 unspecified atom stereocenters. The van der Waals surface area contributed by atoms with Crippen molar-refractivity contribution < 1.29 is 9.18 Å². The summed E-state index contributed by atoms with van der Waals surface area (Å²) in [7, 11) is 0. The SMILES string of the molecule is C[C@H](NC(=O)C1NCCCC1(C)C)c1cccc(F)c1. The Kier molecular flexibility index (Phi) is 4.43. The van der Waals surface area contributed by atoms with Gasteiger partial charge in [0.15, 0.2) is 0 Å². The molecule has 2 rings (SSSR count). The number of carbonyl (C=O) groups excluding carboxylic acids is 1. The zero-order chi connectivity index (χ0) is 14.8. The summed E-state index contributed by atoms with van der Waals surface area (Å²) in [5, 5.41) is 6.27. The molecule has 0 radical (unpaired) electrons. The van der Waals surface area contributed by atoms with Gasteiger partial charge in [0.2, 0.25) is 5.91 Å². The number of hydrogen-bond acceptors (Lipinski definition) is 2. The molecule has 1 fully saturated rings. The van der Waals surface area contributed by atoms with E-state index in [1.807, 2.05) is 13.0 Å². The number of amides is 1. The maximum Gasteiger partial charge on any atom is 0.238 e. The third kappa shape index (κ3) is 3.37. The zero-order valence-corrected chi connectivity index (χ0v) is 12.4. The third-order valence-corrected chi connectivity index (χ3v) is 4.10. The van der Waals surface area contributed by atoms with Crippen LogP contribution in [0.4, 0.5) is 4.39 Å². The molecular weight excluding hydrogens is 255 g/mol. The van der Waals surface area contributed by atoms with Gasteiger partial charge in [-0.2, -0.15) is 0 Å². The van der Waals surface area contributed by atoms with Crippen molar-refractivity contribution in [3.05, 3.63) is 35.6 Å². The zero-order valence-electron chi connectivity index (χ0n) is 12.4. The Morgan fingerprint density at radius 1 is 1.50 bits per heavy atom. The quantitative estimate of drug-likeness (QED) is 0.892. The van der Waals surface area contributed by atoms with Crippen LogP contribution in [-0.2, 0) is 4.79 Å². The van der Waals surface area contributed by atoms with Crippen molar-refractivity contribution in [1.29, 1.82) is 0 Å². The molecule has 4 heteroatoms. The van der Waals surface area contributed by atoms with Crippen LogP contribution in [0.2, 0.25) is 0 Å². The van der Waals surface area contributed by atoms with Gasteiger partial charge in [-0.3, -0.25) is 4.79 Å². The minimum atomic E-state index is -0.278. The fourth-order valence-electron chi connectivity index (χ4n) is 2.81. The van der Waals surface area contributed by atoms with Crippen LogP contribution in [-0.4, -0.2) is 18.5 Å². The van der Waals surface area contributed by atoms with Gasteiger partial charge in [-0.05, 0) is 49.4 Å². The maximum absolute atomic E-state index is 13.2. The minimum Gasteiger partial charge on any atom is -0.348 e. The van der Waals surface area contributed by atoms with Crippen LogP contribution < -0.4 is 10.6 Å². The molecule has 0 aliphatic carbocycles. The van der Waals surface area contributed by atoms with E-state index in [1.165, 1.54) is 12.1 Å². The first kappa shape index (κ1) is 15.0. The van der Waals surface area contributed by atoms with Crippen molar-refractivity contribution in [2.45, 2.75) is 45.7 Å². The molecule has 0 spiro atoms. The molecular formula is C16H23FN2O. The second-order valence-electron chi connectivity index (χ2n) is 6.26. The Labute approximate surface area is 120 Å². The van der Waals surface area contributed by atoms with E-state index in [1.54, 1.807) is 6.07 Å². The van der Waals surface area contributed by atoms with Crippen molar-refractivity contribution in [2.24, 2.45) is 5.41 Å². The molecule has 0 aromatic heterocycles. The lowest BCUT2D eigenvalue weighted by Gasteiger charge is -2.38. The van der Waals surface area contributed by atoms with E-state index in [0.717, 1.165) is 24.9 Å². The van der Waals surface area contributed by atoms with Crippen LogP contribution in [0.25, 0.3) is 0 Å². The lowest BCUT2D eigenvalue weighted by molar-refractivity contribution is -0.127. The Morgan fingerprint density at radius 3 is 2.90 bits per heavy atom. The Hall–Kier alpha value is -1.42. The highest BCUT2D eigenvalue weighted by Crippen LogP contribution is 2.30. The third-order valence-electron chi connectivity index (χ3n) is 4.10. The van der Waals surface area contributed by atoms with Gasteiger partial charge in [-0.15, -0.1) is 0 Å². The largest absolute Gasteiger partial charge is 0.348 e. The van der Waals surface area contributed by atoms with Crippen LogP contribution in [0.5, 0.6) is 0 Å². The van der Waals surface area contributed by atoms with Crippen LogP contribution in [0.1, 0.15) is 45.2 Å². The molecule has 1 amide bonds. The van der Waals surface area contributed by atoms with E-state index in [0.29, 0.717) is 0 Å². The van der Waals surface area contributed by atoms with Gasteiger partial charge >= 0.3 is 0 Å². The number of nitrogens with one attached hydrogen (secondary N) is 2. The first-order chi connectivity index (χ1) is 9.40. The Morgan fingerprint density at radius 2 is 2.25 bits per heavy atom. The molecule has 110 valence electrons. The van der Waals surface area contributed by atoms with Crippen molar-refractivity contribution in [2.75, 3.05) is 6.54 Å². The summed E-state index contributed by atoms with van der Waals surface area (Å²) in [5.41, 5.74) is 0.733. The van der Waals surface area contributed by atoms with E-state index in [9.17, 15) is 9.18 Å².